The maximum atomic E-state index is 12.1. The summed E-state index contributed by atoms with van der Waals surface area (Å²) in [5, 5.41) is 24.6. The molecule has 26 heavy (non-hydrogen) atoms. The van der Waals surface area contributed by atoms with Gasteiger partial charge >= 0.3 is 18.9 Å². The Hall–Kier alpha value is -3.11. The van der Waals surface area contributed by atoms with Crippen LogP contribution in [0.4, 0.5) is 5.95 Å². The van der Waals surface area contributed by atoms with Crippen molar-refractivity contribution in [3.05, 3.63) is 48.5 Å². The molecular weight excluding hydrogens is 339 g/mol. The lowest BCUT2D eigenvalue weighted by Gasteiger charge is -2.17. The molecule has 0 radical (unpaired) electrons. The SMILES string of the molecule is Cn1ccnc1NC(=O)C(=O)NC(Cc1coc2ccccc12)B(O)O. The number of hydrogen-bond donors (Lipinski definition) is 4. The Labute approximate surface area is 148 Å². The van der Waals surface area contributed by atoms with E-state index in [1.54, 1.807) is 19.3 Å². The first-order valence-electron chi connectivity index (χ1n) is 7.86. The van der Waals surface area contributed by atoms with E-state index >= 15 is 0 Å². The Balaban J connectivity index is 1.69. The van der Waals surface area contributed by atoms with Crippen molar-refractivity contribution in [3.63, 3.8) is 0 Å². The molecule has 9 nitrogen and oxygen atoms in total. The summed E-state index contributed by atoms with van der Waals surface area (Å²) >= 11 is 0. The standard InChI is InChI=1S/C16H17BN4O5/c1-21-7-6-18-16(21)20-15(23)14(22)19-13(17(24)25)8-10-9-26-12-5-3-2-4-11(10)12/h2-7,9,13,24-25H,8H2,1H3,(H,19,22)(H,18,20,23). The minimum Gasteiger partial charge on any atom is -0.464 e. The molecule has 1 unspecified atom stereocenters. The summed E-state index contributed by atoms with van der Waals surface area (Å²) < 4.78 is 6.93. The van der Waals surface area contributed by atoms with Gasteiger partial charge in [0.25, 0.3) is 0 Å². The van der Waals surface area contributed by atoms with Gasteiger partial charge < -0.3 is 24.3 Å². The van der Waals surface area contributed by atoms with Gasteiger partial charge in [0.15, 0.2) is 0 Å². The molecule has 2 amide bonds. The summed E-state index contributed by atoms with van der Waals surface area (Å²) in [6.45, 7) is 0. The van der Waals surface area contributed by atoms with Crippen LogP contribution in [0.2, 0.25) is 0 Å². The van der Waals surface area contributed by atoms with Gasteiger partial charge in [-0.3, -0.25) is 14.9 Å². The summed E-state index contributed by atoms with van der Waals surface area (Å²) in [6.07, 6.45) is 4.64. The van der Waals surface area contributed by atoms with E-state index in [1.807, 2.05) is 18.2 Å². The van der Waals surface area contributed by atoms with Crippen LogP contribution in [-0.2, 0) is 23.1 Å². The average Bonchev–Trinajstić information content (AvgIpc) is 3.21. The number of rotatable bonds is 5. The molecule has 0 bridgehead atoms. The minimum atomic E-state index is -1.85. The lowest BCUT2D eigenvalue weighted by molar-refractivity contribution is -0.136. The fraction of sp³-hybridized carbons (Fsp3) is 0.188. The van der Waals surface area contributed by atoms with Gasteiger partial charge in [-0.1, -0.05) is 18.2 Å². The molecule has 2 aromatic heterocycles. The third-order valence-corrected chi connectivity index (χ3v) is 3.93. The molecule has 0 fully saturated rings. The Morgan fingerprint density at radius 1 is 1.31 bits per heavy atom. The monoisotopic (exact) mass is 356 g/mol. The topological polar surface area (TPSA) is 130 Å². The van der Waals surface area contributed by atoms with Crippen molar-refractivity contribution in [2.45, 2.75) is 12.4 Å². The summed E-state index contributed by atoms with van der Waals surface area (Å²) in [6, 6.07) is 7.25. The highest BCUT2D eigenvalue weighted by Crippen LogP contribution is 2.22. The first kappa shape index (κ1) is 17.7. The van der Waals surface area contributed by atoms with Crippen LogP contribution in [-0.4, -0.2) is 44.5 Å². The Bertz CT molecular complexity index is 936. The summed E-state index contributed by atoms with van der Waals surface area (Å²) in [5.41, 5.74) is 1.33. The first-order chi connectivity index (χ1) is 12.5. The highest BCUT2D eigenvalue weighted by molar-refractivity contribution is 6.46. The smallest absolute Gasteiger partial charge is 0.464 e. The maximum Gasteiger partial charge on any atom is 0.475 e. The quantitative estimate of drug-likeness (QED) is 0.371. The van der Waals surface area contributed by atoms with Crippen LogP contribution in [0, 0.1) is 0 Å². The Morgan fingerprint density at radius 3 is 2.77 bits per heavy atom. The van der Waals surface area contributed by atoms with E-state index < -0.39 is 24.9 Å². The second-order valence-corrected chi connectivity index (χ2v) is 5.77. The number of furan rings is 1. The maximum absolute atomic E-state index is 12.1. The van der Waals surface area contributed by atoms with Crippen molar-refractivity contribution >= 4 is 35.9 Å². The second kappa shape index (κ2) is 7.42. The van der Waals surface area contributed by atoms with Crippen LogP contribution < -0.4 is 10.6 Å². The molecule has 3 rings (SSSR count). The molecule has 0 spiro atoms. The Morgan fingerprint density at radius 2 is 2.08 bits per heavy atom. The van der Waals surface area contributed by atoms with Crippen LogP contribution in [0.25, 0.3) is 11.0 Å². The van der Waals surface area contributed by atoms with Crippen molar-refractivity contribution in [1.82, 2.24) is 14.9 Å². The van der Waals surface area contributed by atoms with E-state index in [9.17, 15) is 19.6 Å². The number of imidazole rings is 1. The van der Waals surface area contributed by atoms with E-state index in [0.29, 0.717) is 11.1 Å². The normalized spacial score (nSPS) is 12.0. The van der Waals surface area contributed by atoms with Crippen LogP contribution in [0.5, 0.6) is 0 Å². The highest BCUT2D eigenvalue weighted by atomic mass is 16.4. The second-order valence-electron chi connectivity index (χ2n) is 5.77. The third-order valence-electron chi connectivity index (χ3n) is 3.93. The number of aromatic nitrogens is 2. The number of aryl methyl sites for hydroxylation is 1. The summed E-state index contributed by atoms with van der Waals surface area (Å²) in [7, 11) is -0.196. The molecule has 4 N–H and O–H groups in total. The van der Waals surface area contributed by atoms with Crippen LogP contribution in [0.1, 0.15) is 5.56 Å². The first-order valence-corrected chi connectivity index (χ1v) is 7.86. The Kier molecular flexibility index (Phi) is 5.05. The van der Waals surface area contributed by atoms with E-state index in [2.05, 4.69) is 15.6 Å². The number of nitrogens with zero attached hydrogens (tertiary/aromatic N) is 2. The zero-order valence-corrected chi connectivity index (χ0v) is 13.9. The van der Waals surface area contributed by atoms with Crippen LogP contribution in [0.15, 0.2) is 47.3 Å². The molecule has 134 valence electrons. The number of nitrogens with one attached hydrogen (secondary N) is 2. The van der Waals surface area contributed by atoms with Crippen molar-refractivity contribution in [2.24, 2.45) is 7.05 Å². The number of anilines is 1. The molecule has 2 heterocycles. The number of benzene rings is 1. The molecule has 0 aliphatic rings. The molecule has 0 saturated carbocycles. The van der Waals surface area contributed by atoms with Crippen molar-refractivity contribution in [3.8, 4) is 0 Å². The fourth-order valence-corrected chi connectivity index (χ4v) is 2.54. The zero-order valence-electron chi connectivity index (χ0n) is 13.9. The van der Waals surface area contributed by atoms with E-state index in [0.717, 1.165) is 5.39 Å². The molecule has 1 aromatic carbocycles. The number of carbonyl (C=O) groups excluding carboxylic acids is 2. The number of amides is 2. The van der Waals surface area contributed by atoms with E-state index in [4.69, 9.17) is 4.42 Å². The average molecular weight is 356 g/mol. The van der Waals surface area contributed by atoms with Crippen LogP contribution >= 0.6 is 0 Å². The van der Waals surface area contributed by atoms with Gasteiger partial charge in [-0.05, 0) is 18.1 Å². The van der Waals surface area contributed by atoms with Gasteiger partial charge in [0.05, 0.1) is 12.2 Å². The largest absolute Gasteiger partial charge is 0.475 e. The van der Waals surface area contributed by atoms with Gasteiger partial charge in [-0.2, -0.15) is 0 Å². The van der Waals surface area contributed by atoms with Gasteiger partial charge in [-0.25, -0.2) is 4.98 Å². The number of hydrogen-bond acceptors (Lipinski definition) is 6. The molecular formula is C16H17BN4O5. The number of para-hydroxylation sites is 1. The summed E-state index contributed by atoms with van der Waals surface area (Å²) in [5.74, 6) is -2.84. The predicted octanol–water partition coefficient (Wildman–Crippen LogP) is -0.156. The molecule has 1 atom stereocenters. The predicted molar refractivity (Wildman–Crippen MR) is 93.9 cm³/mol. The minimum absolute atomic E-state index is 0.0795. The van der Waals surface area contributed by atoms with Gasteiger partial charge in [-0.15, -0.1) is 0 Å². The fourth-order valence-electron chi connectivity index (χ4n) is 2.54. The highest BCUT2D eigenvalue weighted by Gasteiger charge is 2.29. The molecule has 0 saturated heterocycles. The third kappa shape index (κ3) is 3.76. The van der Waals surface area contributed by atoms with E-state index in [1.165, 1.54) is 17.0 Å². The van der Waals surface area contributed by atoms with Gasteiger partial charge in [0.2, 0.25) is 5.95 Å². The zero-order chi connectivity index (χ0) is 18.7. The van der Waals surface area contributed by atoms with Crippen molar-refractivity contribution in [2.75, 3.05) is 5.32 Å². The summed E-state index contributed by atoms with van der Waals surface area (Å²) in [4.78, 5) is 27.9. The van der Waals surface area contributed by atoms with E-state index in [-0.39, 0.29) is 12.4 Å². The lowest BCUT2D eigenvalue weighted by atomic mass is 9.76. The van der Waals surface area contributed by atoms with Crippen LogP contribution in [0.3, 0.4) is 0 Å². The van der Waals surface area contributed by atoms with Gasteiger partial charge in [0, 0.05) is 24.8 Å². The number of fused-ring (bicyclic) bond motifs is 1. The lowest BCUT2D eigenvalue weighted by Crippen LogP contribution is -2.51. The molecule has 3 aromatic rings. The molecule has 0 aliphatic carbocycles. The molecule has 10 heteroatoms. The van der Waals surface area contributed by atoms with Gasteiger partial charge in [0.1, 0.15) is 5.58 Å². The van der Waals surface area contributed by atoms with Crippen molar-refractivity contribution < 1.29 is 24.1 Å². The van der Waals surface area contributed by atoms with Crippen molar-refractivity contribution in [1.29, 1.82) is 0 Å². The number of carbonyl (C=O) groups is 2. The molecule has 0 aliphatic heterocycles.